The quantitative estimate of drug-likeness (QED) is 0.432. The van der Waals surface area contributed by atoms with Gasteiger partial charge in [0.05, 0.1) is 0 Å². The maximum absolute atomic E-state index is 11.8. The lowest BCUT2D eigenvalue weighted by Gasteiger charge is -2.15. The van der Waals surface area contributed by atoms with Crippen molar-refractivity contribution in [1.29, 1.82) is 0 Å². The molecule has 0 heterocycles. The lowest BCUT2D eigenvalue weighted by atomic mass is 10.00. The van der Waals surface area contributed by atoms with E-state index in [1.165, 1.54) is 12.8 Å². The molecule has 2 atom stereocenters. The lowest BCUT2D eigenvalue weighted by molar-refractivity contribution is -0.121. The zero-order valence-corrected chi connectivity index (χ0v) is 12.4. The first-order chi connectivity index (χ1) is 8.63. The van der Waals surface area contributed by atoms with Crippen LogP contribution in [0.4, 0.5) is 0 Å². The van der Waals surface area contributed by atoms with Crippen molar-refractivity contribution in [3.05, 3.63) is 19.1 Å². The number of carbonyl (C=O) groups excluding carboxylic acids is 1. The van der Waals surface area contributed by atoms with Crippen LogP contribution in [-0.2, 0) is 4.79 Å². The Balaban J connectivity index is 3.78. The first kappa shape index (κ1) is 17.2. The van der Waals surface area contributed by atoms with Gasteiger partial charge >= 0.3 is 0 Å². The molecule has 2 heteroatoms. The molecule has 105 valence electrons. The van der Waals surface area contributed by atoms with E-state index in [9.17, 15) is 4.79 Å². The summed E-state index contributed by atoms with van der Waals surface area (Å²) in [5.74, 6) is 0.766. The molecular weight excluding hydrogens is 222 g/mol. The molecule has 0 spiro atoms. The Bertz CT molecular complexity index is 225. The molecule has 0 saturated carbocycles. The topological polar surface area (TPSA) is 29.1 Å². The van der Waals surface area contributed by atoms with Gasteiger partial charge in [0.2, 0.25) is 5.91 Å². The van der Waals surface area contributed by atoms with Gasteiger partial charge in [0.15, 0.2) is 0 Å². The third kappa shape index (κ3) is 9.26. The minimum Gasteiger partial charge on any atom is -0.350 e. The zero-order valence-electron chi connectivity index (χ0n) is 12.4. The molecule has 1 radical (unpaired) electrons. The summed E-state index contributed by atoms with van der Waals surface area (Å²) in [5, 5.41) is 3.06. The van der Waals surface area contributed by atoms with Crippen LogP contribution in [0.3, 0.4) is 0 Å². The van der Waals surface area contributed by atoms with Crippen LogP contribution >= 0.6 is 0 Å². The lowest BCUT2D eigenvalue weighted by Crippen LogP contribution is -2.33. The number of amides is 1. The molecule has 0 saturated heterocycles. The average Bonchev–Trinajstić information content (AvgIpc) is 2.35. The van der Waals surface area contributed by atoms with E-state index in [2.05, 4.69) is 39.1 Å². The van der Waals surface area contributed by atoms with Gasteiger partial charge in [0, 0.05) is 12.5 Å². The van der Waals surface area contributed by atoms with Gasteiger partial charge in [-0.15, -0.1) is 6.58 Å². The Labute approximate surface area is 113 Å². The summed E-state index contributed by atoms with van der Waals surface area (Å²) in [5.41, 5.74) is 0. The third-order valence-electron chi connectivity index (χ3n) is 3.25. The highest BCUT2D eigenvalue weighted by Gasteiger charge is 2.10. The SMILES string of the molecule is C=C[C@H](CCCCC)NC(=O)CC[C@@H](C)C[CH]C. The fourth-order valence-corrected chi connectivity index (χ4v) is 2.04. The van der Waals surface area contributed by atoms with E-state index in [-0.39, 0.29) is 11.9 Å². The Morgan fingerprint density at radius 2 is 2.06 bits per heavy atom. The molecule has 1 N–H and O–H groups in total. The minimum atomic E-state index is 0.150. The molecule has 0 aliphatic carbocycles. The molecule has 0 aliphatic heterocycles. The molecule has 18 heavy (non-hydrogen) atoms. The fraction of sp³-hybridized carbons (Fsp3) is 0.750. The molecule has 0 bridgehead atoms. The van der Waals surface area contributed by atoms with Crippen LogP contribution in [0.2, 0.25) is 0 Å². The second kappa shape index (κ2) is 11.3. The summed E-state index contributed by atoms with van der Waals surface area (Å²) in [4.78, 5) is 11.8. The monoisotopic (exact) mass is 252 g/mol. The largest absolute Gasteiger partial charge is 0.350 e. The van der Waals surface area contributed by atoms with E-state index >= 15 is 0 Å². The highest BCUT2D eigenvalue weighted by atomic mass is 16.1. The Hall–Kier alpha value is -0.790. The number of nitrogens with one attached hydrogen (secondary N) is 1. The number of unbranched alkanes of at least 4 members (excludes halogenated alkanes) is 2. The molecule has 0 aromatic carbocycles. The first-order valence-electron chi connectivity index (χ1n) is 7.33. The summed E-state index contributed by atoms with van der Waals surface area (Å²) in [6.45, 7) is 10.2. The van der Waals surface area contributed by atoms with Gasteiger partial charge in [-0.05, 0) is 31.6 Å². The van der Waals surface area contributed by atoms with E-state index in [0.717, 1.165) is 25.7 Å². The van der Waals surface area contributed by atoms with E-state index in [1.807, 2.05) is 6.08 Å². The average molecular weight is 252 g/mol. The van der Waals surface area contributed by atoms with Gasteiger partial charge in [-0.25, -0.2) is 0 Å². The molecule has 0 aliphatic rings. The smallest absolute Gasteiger partial charge is 0.220 e. The van der Waals surface area contributed by atoms with Crippen molar-refractivity contribution >= 4 is 5.91 Å². The summed E-state index contributed by atoms with van der Waals surface area (Å²) < 4.78 is 0. The third-order valence-corrected chi connectivity index (χ3v) is 3.25. The first-order valence-corrected chi connectivity index (χ1v) is 7.33. The Morgan fingerprint density at radius 3 is 2.61 bits per heavy atom. The number of hydrogen-bond donors (Lipinski definition) is 1. The van der Waals surface area contributed by atoms with Gasteiger partial charge in [-0.1, -0.05) is 46.1 Å². The van der Waals surface area contributed by atoms with Crippen LogP contribution < -0.4 is 5.32 Å². The molecule has 0 unspecified atom stereocenters. The van der Waals surface area contributed by atoms with E-state index in [1.54, 1.807) is 0 Å². The maximum Gasteiger partial charge on any atom is 0.220 e. The highest BCUT2D eigenvalue weighted by Crippen LogP contribution is 2.12. The zero-order chi connectivity index (χ0) is 13.8. The van der Waals surface area contributed by atoms with Crippen molar-refractivity contribution in [2.45, 2.75) is 71.8 Å². The fourth-order valence-electron chi connectivity index (χ4n) is 2.04. The van der Waals surface area contributed by atoms with Gasteiger partial charge in [-0.3, -0.25) is 4.79 Å². The Morgan fingerprint density at radius 1 is 1.33 bits per heavy atom. The molecule has 0 fully saturated rings. The highest BCUT2D eigenvalue weighted by molar-refractivity contribution is 5.76. The van der Waals surface area contributed by atoms with E-state index in [4.69, 9.17) is 0 Å². The second-order valence-electron chi connectivity index (χ2n) is 5.19. The number of carbonyl (C=O) groups is 1. The second-order valence-corrected chi connectivity index (χ2v) is 5.19. The minimum absolute atomic E-state index is 0.150. The molecule has 2 nitrogen and oxygen atoms in total. The van der Waals surface area contributed by atoms with E-state index < -0.39 is 0 Å². The number of hydrogen-bond acceptors (Lipinski definition) is 1. The van der Waals surface area contributed by atoms with Crippen molar-refractivity contribution in [2.24, 2.45) is 5.92 Å². The van der Waals surface area contributed by atoms with Crippen LogP contribution in [0.15, 0.2) is 12.7 Å². The van der Waals surface area contributed by atoms with E-state index in [0.29, 0.717) is 12.3 Å². The molecule has 0 aromatic rings. The van der Waals surface area contributed by atoms with Crippen molar-refractivity contribution in [3.63, 3.8) is 0 Å². The van der Waals surface area contributed by atoms with Crippen molar-refractivity contribution in [1.82, 2.24) is 5.32 Å². The standard InChI is InChI=1S/C16H30NO/c1-5-8-9-11-15(7-3)17-16(18)13-12-14(4)10-6-2/h6-7,14-15H,3,5,8-13H2,1-2,4H3,(H,17,18)/t14-,15+/m0/s1. The summed E-state index contributed by atoms with van der Waals surface area (Å²) in [6.07, 6.45) is 11.3. The van der Waals surface area contributed by atoms with Crippen molar-refractivity contribution < 1.29 is 4.79 Å². The predicted octanol–water partition coefficient (Wildman–Crippen LogP) is 4.27. The van der Waals surface area contributed by atoms with Crippen molar-refractivity contribution in [2.75, 3.05) is 0 Å². The maximum atomic E-state index is 11.8. The summed E-state index contributed by atoms with van der Waals surface area (Å²) in [6, 6.07) is 0.150. The molecule has 1 amide bonds. The van der Waals surface area contributed by atoms with Crippen LogP contribution in [-0.4, -0.2) is 11.9 Å². The normalized spacial score (nSPS) is 13.9. The summed E-state index contributed by atoms with van der Waals surface area (Å²) in [7, 11) is 0. The predicted molar refractivity (Wildman–Crippen MR) is 79.3 cm³/mol. The molecule has 0 rings (SSSR count). The van der Waals surface area contributed by atoms with Crippen LogP contribution in [0.1, 0.15) is 65.7 Å². The molecular formula is C16H30NO. The van der Waals surface area contributed by atoms with Crippen molar-refractivity contribution in [3.8, 4) is 0 Å². The van der Waals surface area contributed by atoms with Crippen LogP contribution in [0.25, 0.3) is 0 Å². The van der Waals surface area contributed by atoms with Crippen LogP contribution in [0.5, 0.6) is 0 Å². The summed E-state index contributed by atoms with van der Waals surface area (Å²) >= 11 is 0. The number of rotatable bonds is 11. The van der Waals surface area contributed by atoms with Crippen LogP contribution in [0, 0.1) is 12.3 Å². The van der Waals surface area contributed by atoms with Gasteiger partial charge in [0.1, 0.15) is 0 Å². The molecule has 0 aromatic heterocycles. The van der Waals surface area contributed by atoms with Gasteiger partial charge in [-0.2, -0.15) is 0 Å². The Kier molecular flexibility index (Phi) is 10.8. The van der Waals surface area contributed by atoms with Gasteiger partial charge < -0.3 is 5.32 Å². The van der Waals surface area contributed by atoms with Gasteiger partial charge in [0.25, 0.3) is 0 Å².